The summed E-state index contributed by atoms with van der Waals surface area (Å²) in [5.41, 5.74) is 0.551. The predicted octanol–water partition coefficient (Wildman–Crippen LogP) is 3.29. The first kappa shape index (κ1) is 10.8. The number of hydrogen-bond acceptors (Lipinski definition) is 2. The van der Waals surface area contributed by atoms with Crippen LogP contribution in [0.1, 0.15) is 58.8 Å². The Morgan fingerprint density at radius 1 is 1.00 bits per heavy atom. The molecule has 0 N–H and O–H groups in total. The lowest BCUT2D eigenvalue weighted by Crippen LogP contribution is -2.36. The second-order valence-corrected chi connectivity index (χ2v) is 6.92. The van der Waals surface area contributed by atoms with Crippen LogP contribution in [0, 0.1) is 11.8 Å². The molecule has 0 amide bonds. The first-order valence-corrected chi connectivity index (χ1v) is 7.54. The number of rotatable bonds is 2. The van der Waals surface area contributed by atoms with Gasteiger partial charge in [0.25, 0.3) is 0 Å². The maximum Gasteiger partial charge on any atom is 0.0948 e. The van der Waals surface area contributed by atoms with Crippen LogP contribution in [0.4, 0.5) is 0 Å². The van der Waals surface area contributed by atoms with Crippen LogP contribution in [-0.4, -0.2) is 23.4 Å². The van der Waals surface area contributed by atoms with Gasteiger partial charge >= 0.3 is 0 Å². The van der Waals surface area contributed by atoms with E-state index in [9.17, 15) is 0 Å². The molecule has 2 aliphatic heterocycles. The average molecular weight is 236 g/mol. The Kier molecular flexibility index (Phi) is 2.08. The SMILES string of the molecule is CCC12CCCC(C3CCCC4(C)OC34)C1O2. The molecule has 2 aliphatic carbocycles. The average Bonchev–Trinajstić information content (AvgIpc) is 3.19. The second kappa shape index (κ2) is 3.27. The van der Waals surface area contributed by atoms with Gasteiger partial charge in [-0.3, -0.25) is 0 Å². The quantitative estimate of drug-likeness (QED) is 0.687. The zero-order valence-electron chi connectivity index (χ0n) is 11.1. The molecule has 96 valence electrons. The zero-order valence-corrected chi connectivity index (χ0v) is 11.1. The van der Waals surface area contributed by atoms with E-state index in [-0.39, 0.29) is 5.60 Å². The third kappa shape index (κ3) is 1.40. The Morgan fingerprint density at radius 2 is 1.71 bits per heavy atom. The molecule has 4 fully saturated rings. The van der Waals surface area contributed by atoms with Crippen molar-refractivity contribution >= 4 is 0 Å². The van der Waals surface area contributed by atoms with Crippen LogP contribution in [0.2, 0.25) is 0 Å². The zero-order chi connectivity index (χ0) is 11.7. The molecule has 6 unspecified atom stereocenters. The molecule has 2 saturated heterocycles. The summed E-state index contributed by atoms with van der Waals surface area (Å²) in [6.45, 7) is 4.61. The van der Waals surface area contributed by atoms with Gasteiger partial charge in [0.15, 0.2) is 0 Å². The Bertz CT molecular complexity index is 342. The molecule has 0 spiro atoms. The highest BCUT2D eigenvalue weighted by molar-refractivity contribution is 5.14. The molecule has 0 aromatic rings. The number of fused-ring (bicyclic) bond motifs is 2. The summed E-state index contributed by atoms with van der Waals surface area (Å²) >= 11 is 0. The normalized spacial score (nSPS) is 60.4. The highest BCUT2D eigenvalue weighted by atomic mass is 16.6. The summed E-state index contributed by atoms with van der Waals surface area (Å²) in [6, 6.07) is 0. The van der Waals surface area contributed by atoms with Crippen molar-refractivity contribution in [3.8, 4) is 0 Å². The number of epoxide rings is 2. The fourth-order valence-electron chi connectivity index (χ4n) is 4.86. The summed E-state index contributed by atoms with van der Waals surface area (Å²) in [7, 11) is 0. The standard InChI is InChI=1S/C15H24O2/c1-3-15-9-5-7-11(13(15)17-15)10-6-4-8-14(2)12(10)16-14/h10-13H,3-9H2,1-2H3. The topological polar surface area (TPSA) is 25.1 Å². The van der Waals surface area contributed by atoms with Crippen LogP contribution < -0.4 is 0 Å². The molecular weight excluding hydrogens is 212 g/mol. The highest BCUT2D eigenvalue weighted by Crippen LogP contribution is 2.60. The maximum atomic E-state index is 6.12. The van der Waals surface area contributed by atoms with Crippen molar-refractivity contribution in [2.24, 2.45) is 11.8 Å². The first-order chi connectivity index (χ1) is 8.19. The van der Waals surface area contributed by atoms with Crippen molar-refractivity contribution in [1.29, 1.82) is 0 Å². The van der Waals surface area contributed by atoms with Gasteiger partial charge in [-0.05, 0) is 50.9 Å². The Balaban J connectivity index is 1.52. The molecule has 17 heavy (non-hydrogen) atoms. The van der Waals surface area contributed by atoms with Gasteiger partial charge in [0.1, 0.15) is 0 Å². The number of hydrogen-bond donors (Lipinski definition) is 0. The van der Waals surface area contributed by atoms with E-state index in [0.29, 0.717) is 17.8 Å². The van der Waals surface area contributed by atoms with E-state index in [4.69, 9.17) is 9.47 Å². The van der Waals surface area contributed by atoms with Crippen LogP contribution in [0.25, 0.3) is 0 Å². The van der Waals surface area contributed by atoms with Crippen molar-refractivity contribution in [3.63, 3.8) is 0 Å². The molecule has 2 saturated carbocycles. The molecule has 4 aliphatic rings. The second-order valence-electron chi connectivity index (χ2n) is 6.92. The van der Waals surface area contributed by atoms with E-state index in [1.165, 1.54) is 44.9 Å². The van der Waals surface area contributed by atoms with E-state index in [2.05, 4.69) is 13.8 Å². The van der Waals surface area contributed by atoms with Crippen molar-refractivity contribution < 1.29 is 9.47 Å². The molecule has 2 nitrogen and oxygen atoms in total. The Labute approximate surface area is 104 Å². The third-order valence-corrected chi connectivity index (χ3v) is 6.04. The van der Waals surface area contributed by atoms with E-state index in [0.717, 1.165) is 11.8 Å². The molecule has 2 heteroatoms. The monoisotopic (exact) mass is 236 g/mol. The van der Waals surface area contributed by atoms with Crippen molar-refractivity contribution in [3.05, 3.63) is 0 Å². The van der Waals surface area contributed by atoms with Crippen molar-refractivity contribution in [2.45, 2.75) is 82.2 Å². The summed E-state index contributed by atoms with van der Waals surface area (Å²) in [6.07, 6.45) is 10.4. The third-order valence-electron chi connectivity index (χ3n) is 6.04. The lowest BCUT2D eigenvalue weighted by molar-refractivity contribution is 0.180. The van der Waals surface area contributed by atoms with Crippen LogP contribution in [0.3, 0.4) is 0 Å². The summed E-state index contributed by atoms with van der Waals surface area (Å²) in [5, 5.41) is 0. The van der Waals surface area contributed by atoms with Crippen LogP contribution in [-0.2, 0) is 9.47 Å². The molecule has 4 rings (SSSR count). The van der Waals surface area contributed by atoms with Gasteiger partial charge in [-0.15, -0.1) is 0 Å². The van der Waals surface area contributed by atoms with E-state index < -0.39 is 0 Å². The Hall–Kier alpha value is -0.0800. The lowest BCUT2D eigenvalue weighted by atomic mass is 9.68. The lowest BCUT2D eigenvalue weighted by Gasteiger charge is -2.32. The minimum Gasteiger partial charge on any atom is -0.366 e. The van der Waals surface area contributed by atoms with Gasteiger partial charge in [-0.2, -0.15) is 0 Å². The highest BCUT2D eigenvalue weighted by Gasteiger charge is 2.66. The summed E-state index contributed by atoms with van der Waals surface area (Å²) in [5.74, 6) is 1.60. The summed E-state index contributed by atoms with van der Waals surface area (Å²) < 4.78 is 12.1. The fraction of sp³-hybridized carbons (Fsp3) is 1.00. The van der Waals surface area contributed by atoms with Gasteiger partial charge in [0.05, 0.1) is 23.4 Å². The molecule has 6 atom stereocenters. The van der Waals surface area contributed by atoms with Gasteiger partial charge in [0.2, 0.25) is 0 Å². The smallest absolute Gasteiger partial charge is 0.0948 e. The van der Waals surface area contributed by atoms with Gasteiger partial charge in [-0.25, -0.2) is 0 Å². The molecule has 0 aromatic heterocycles. The van der Waals surface area contributed by atoms with Crippen LogP contribution in [0.5, 0.6) is 0 Å². The van der Waals surface area contributed by atoms with Crippen LogP contribution >= 0.6 is 0 Å². The largest absolute Gasteiger partial charge is 0.366 e. The van der Waals surface area contributed by atoms with Gasteiger partial charge in [-0.1, -0.05) is 19.8 Å². The van der Waals surface area contributed by atoms with Crippen molar-refractivity contribution in [2.75, 3.05) is 0 Å². The summed E-state index contributed by atoms with van der Waals surface area (Å²) in [4.78, 5) is 0. The Morgan fingerprint density at radius 3 is 2.47 bits per heavy atom. The predicted molar refractivity (Wildman–Crippen MR) is 65.9 cm³/mol. The van der Waals surface area contributed by atoms with E-state index in [1.54, 1.807) is 0 Å². The number of ether oxygens (including phenoxy) is 2. The minimum atomic E-state index is 0.254. The van der Waals surface area contributed by atoms with E-state index in [1.807, 2.05) is 0 Å². The van der Waals surface area contributed by atoms with Crippen molar-refractivity contribution in [1.82, 2.24) is 0 Å². The molecule has 0 radical (unpaired) electrons. The fourth-order valence-corrected chi connectivity index (χ4v) is 4.86. The van der Waals surface area contributed by atoms with Gasteiger partial charge < -0.3 is 9.47 Å². The van der Waals surface area contributed by atoms with E-state index >= 15 is 0 Å². The van der Waals surface area contributed by atoms with Gasteiger partial charge in [0, 0.05) is 0 Å². The molecule has 0 bridgehead atoms. The first-order valence-electron chi connectivity index (χ1n) is 7.54. The van der Waals surface area contributed by atoms with Crippen LogP contribution in [0.15, 0.2) is 0 Å². The maximum absolute atomic E-state index is 6.12. The minimum absolute atomic E-state index is 0.254. The molecular formula is C15H24O2. The molecule has 0 aromatic carbocycles. The molecule has 2 heterocycles.